The Morgan fingerprint density at radius 3 is 0.842 bits per heavy atom. The number of rotatable bonds is 70. The van der Waals surface area contributed by atoms with Gasteiger partial charge in [0.25, 0.3) is 0 Å². The lowest BCUT2D eigenvalue weighted by atomic mass is 10.0. The van der Waals surface area contributed by atoms with Crippen molar-refractivity contribution >= 4 is 17.9 Å². The molecule has 2 atom stereocenters. The number of hydrogen-bond acceptors (Lipinski definition) is 8. The van der Waals surface area contributed by atoms with Crippen LogP contribution < -0.4 is 5.11 Å². The van der Waals surface area contributed by atoms with Crippen LogP contribution in [-0.4, -0.2) is 82.3 Å². The Kier molecular flexibility index (Phi) is 70.7. The number of hydrogen-bond donors (Lipinski definition) is 0. The van der Waals surface area contributed by atoms with Gasteiger partial charge in [-0.3, -0.25) is 9.59 Å². The average molecular weight is 1320 g/mol. The first kappa shape index (κ1) is 89.9. The molecule has 9 heteroatoms. The van der Waals surface area contributed by atoms with Crippen molar-refractivity contribution in [1.82, 2.24) is 0 Å². The predicted molar refractivity (Wildman–Crippen MR) is 407 cm³/mol. The van der Waals surface area contributed by atoms with Crippen LogP contribution in [0.5, 0.6) is 0 Å². The molecular weight excluding hydrogens is 1170 g/mol. The molecule has 0 amide bonds. The highest BCUT2D eigenvalue weighted by Crippen LogP contribution is 2.17. The van der Waals surface area contributed by atoms with Crippen LogP contribution in [0.25, 0.3) is 0 Å². The SMILES string of the molecule is CC/C=C\C/C=C\C/C=C\C/C=C\C/C=C\C/C=C\C/C=C\CCCCCCCCCCCCCCCCCC(=O)OC(COC(=O)CCCCCCCCCCCCCCCC/C=C\C/C=C\C/C=C\C/C=C\C/C=C\C/C=C\CC)COC(OCC[N+](C)(C)C)C(=O)[O-]. The van der Waals surface area contributed by atoms with E-state index in [1.54, 1.807) is 0 Å². The first-order valence-electron chi connectivity index (χ1n) is 38.6. The van der Waals surface area contributed by atoms with Gasteiger partial charge in [0.2, 0.25) is 0 Å². The molecule has 0 aromatic rings. The lowest BCUT2D eigenvalue weighted by Crippen LogP contribution is -2.44. The Bertz CT molecular complexity index is 2130. The number of esters is 2. The lowest BCUT2D eigenvalue weighted by molar-refractivity contribution is -0.870. The van der Waals surface area contributed by atoms with E-state index in [0.717, 1.165) is 122 Å². The minimum absolute atomic E-state index is 0.142. The topological polar surface area (TPSA) is 111 Å². The van der Waals surface area contributed by atoms with E-state index in [0.29, 0.717) is 17.4 Å². The third-order valence-electron chi connectivity index (χ3n) is 16.3. The van der Waals surface area contributed by atoms with Crippen LogP contribution in [0, 0.1) is 0 Å². The van der Waals surface area contributed by atoms with Gasteiger partial charge in [0.1, 0.15) is 13.2 Å². The fourth-order valence-electron chi connectivity index (χ4n) is 10.5. The summed E-state index contributed by atoms with van der Waals surface area (Å²) >= 11 is 0. The number of carboxylic acids is 1. The molecule has 0 aromatic carbocycles. The Hall–Kier alpha value is -5.09. The molecule has 0 aliphatic carbocycles. The van der Waals surface area contributed by atoms with Gasteiger partial charge in [-0.15, -0.1) is 0 Å². The molecule has 0 bridgehead atoms. The fourth-order valence-corrected chi connectivity index (χ4v) is 10.5. The minimum Gasteiger partial charge on any atom is -0.545 e. The highest BCUT2D eigenvalue weighted by atomic mass is 16.7. The summed E-state index contributed by atoms with van der Waals surface area (Å²) in [6, 6.07) is 0. The standard InChI is InChI=1S/C86H143NO8/c1-6-8-10-12-14-16-18-20-22-24-26-28-30-32-34-36-38-40-41-42-43-45-47-49-51-53-55-57-59-61-63-65-67-69-71-73-75-77-84(89)95-82(81-94-86(85(90)91)92-79-78-87(3,4)5)80-93-83(88)76-74-72-70-68-66-64-62-60-58-56-54-52-50-48-46-44-39-37-35-33-31-29-27-25-23-21-19-17-15-13-11-9-7-2/h8-11,14-17,20-23,26-29,32-35,38-40,42-44,82,86H,6-7,12-13,18-19,24-25,30-31,36-37,41,45-81H2,1-5H3/b10-8-,11-9-,16-14-,17-15-,22-20-,23-21-,28-26-,29-27-,34-32-,35-33-,40-38-,43-42-,44-39-. The van der Waals surface area contributed by atoms with Gasteiger partial charge in [0.15, 0.2) is 12.4 Å². The number of likely N-dealkylation sites (N-methyl/N-ethyl adjacent to an activating group) is 1. The van der Waals surface area contributed by atoms with Crippen molar-refractivity contribution in [3.05, 3.63) is 158 Å². The molecule has 0 rings (SSSR count). The summed E-state index contributed by atoms with van der Waals surface area (Å²) in [4.78, 5) is 37.6. The zero-order chi connectivity index (χ0) is 69.0. The van der Waals surface area contributed by atoms with Crippen molar-refractivity contribution in [3.63, 3.8) is 0 Å². The van der Waals surface area contributed by atoms with Crippen LogP contribution >= 0.6 is 0 Å². The molecule has 0 saturated heterocycles. The van der Waals surface area contributed by atoms with E-state index in [1.807, 2.05) is 21.1 Å². The number of carbonyl (C=O) groups is 3. The average Bonchev–Trinajstić information content (AvgIpc) is 3.75. The van der Waals surface area contributed by atoms with Crippen molar-refractivity contribution in [3.8, 4) is 0 Å². The third-order valence-corrected chi connectivity index (χ3v) is 16.3. The molecule has 95 heavy (non-hydrogen) atoms. The molecule has 0 saturated carbocycles. The van der Waals surface area contributed by atoms with Gasteiger partial charge in [-0.25, -0.2) is 0 Å². The largest absolute Gasteiger partial charge is 0.545 e. The summed E-state index contributed by atoms with van der Waals surface area (Å²) in [5.74, 6) is -2.28. The molecule has 0 N–H and O–H groups in total. The van der Waals surface area contributed by atoms with E-state index in [4.69, 9.17) is 18.9 Å². The number of aliphatic carboxylic acids is 1. The second-order valence-corrected chi connectivity index (χ2v) is 26.5. The van der Waals surface area contributed by atoms with Crippen LogP contribution in [0.2, 0.25) is 0 Å². The molecule has 0 radical (unpaired) electrons. The van der Waals surface area contributed by atoms with Gasteiger partial charge in [0, 0.05) is 12.8 Å². The molecule has 0 aliphatic heterocycles. The maximum Gasteiger partial charge on any atom is 0.306 e. The maximum atomic E-state index is 13.0. The Balaban J connectivity index is 4.08. The van der Waals surface area contributed by atoms with Crippen molar-refractivity contribution in [2.24, 2.45) is 0 Å². The van der Waals surface area contributed by atoms with Crippen LogP contribution in [0.1, 0.15) is 309 Å². The summed E-state index contributed by atoms with van der Waals surface area (Å²) in [5, 5.41) is 11.9. The summed E-state index contributed by atoms with van der Waals surface area (Å²) in [6.07, 6.45) is 108. The summed E-state index contributed by atoms with van der Waals surface area (Å²) < 4.78 is 22.9. The number of quaternary nitrogens is 1. The van der Waals surface area contributed by atoms with Gasteiger partial charge >= 0.3 is 11.9 Å². The molecule has 0 fully saturated rings. The van der Waals surface area contributed by atoms with E-state index < -0.39 is 24.3 Å². The molecule has 9 nitrogen and oxygen atoms in total. The zero-order valence-corrected chi connectivity index (χ0v) is 61.7. The van der Waals surface area contributed by atoms with E-state index in [9.17, 15) is 19.5 Å². The molecular formula is C86H143NO8. The number of ether oxygens (including phenoxy) is 4. The van der Waals surface area contributed by atoms with E-state index in [-0.39, 0.29) is 38.6 Å². The number of carboxylic acid groups (broad SMARTS) is 1. The van der Waals surface area contributed by atoms with E-state index in [2.05, 4.69) is 172 Å². The van der Waals surface area contributed by atoms with Crippen molar-refractivity contribution in [2.45, 2.75) is 322 Å². The van der Waals surface area contributed by atoms with Gasteiger partial charge in [-0.1, -0.05) is 332 Å². The molecule has 540 valence electrons. The highest BCUT2D eigenvalue weighted by molar-refractivity contribution is 5.70. The second kappa shape index (κ2) is 74.7. The number of carbonyl (C=O) groups excluding carboxylic acids is 3. The summed E-state index contributed by atoms with van der Waals surface area (Å²) in [5.41, 5.74) is 0. The Labute approximate surface area is 584 Å². The quantitative estimate of drug-likeness (QED) is 0.0195. The van der Waals surface area contributed by atoms with Crippen LogP contribution in [0.15, 0.2) is 158 Å². The van der Waals surface area contributed by atoms with Gasteiger partial charge in [-0.05, 0) is 122 Å². The minimum atomic E-state index is -1.63. The van der Waals surface area contributed by atoms with Gasteiger partial charge in [-0.2, -0.15) is 0 Å². The normalized spacial score (nSPS) is 13.6. The first-order chi connectivity index (χ1) is 46.6. The van der Waals surface area contributed by atoms with Crippen molar-refractivity contribution in [2.75, 3.05) is 47.5 Å². The van der Waals surface area contributed by atoms with Crippen molar-refractivity contribution < 1.29 is 42.9 Å². The lowest BCUT2D eigenvalue weighted by Gasteiger charge is -2.26. The van der Waals surface area contributed by atoms with Crippen LogP contribution in [-0.2, 0) is 33.3 Å². The Morgan fingerprint density at radius 2 is 0.568 bits per heavy atom. The molecule has 0 heterocycles. The Morgan fingerprint density at radius 1 is 0.316 bits per heavy atom. The predicted octanol–water partition coefficient (Wildman–Crippen LogP) is 23.5. The van der Waals surface area contributed by atoms with Gasteiger partial charge in [0.05, 0.1) is 40.3 Å². The zero-order valence-electron chi connectivity index (χ0n) is 61.7. The van der Waals surface area contributed by atoms with Gasteiger partial charge < -0.3 is 33.3 Å². The maximum absolute atomic E-state index is 13.0. The first-order valence-corrected chi connectivity index (χ1v) is 38.6. The summed E-state index contributed by atoms with van der Waals surface area (Å²) in [6.45, 7) is 4.53. The van der Waals surface area contributed by atoms with Crippen LogP contribution in [0.3, 0.4) is 0 Å². The molecule has 0 spiro atoms. The molecule has 2 unspecified atom stereocenters. The smallest absolute Gasteiger partial charge is 0.306 e. The highest BCUT2D eigenvalue weighted by Gasteiger charge is 2.22. The van der Waals surface area contributed by atoms with Crippen molar-refractivity contribution in [1.29, 1.82) is 0 Å². The third kappa shape index (κ3) is 76.1. The second-order valence-electron chi connectivity index (χ2n) is 26.5. The molecule has 0 aliphatic rings. The fraction of sp³-hybridized carbons (Fsp3) is 0.663. The van der Waals surface area contributed by atoms with E-state index >= 15 is 0 Å². The van der Waals surface area contributed by atoms with E-state index in [1.165, 1.54) is 154 Å². The number of nitrogens with zero attached hydrogens (tertiary/aromatic N) is 1. The molecule has 0 aromatic heterocycles. The van der Waals surface area contributed by atoms with Crippen LogP contribution in [0.4, 0.5) is 0 Å². The monoisotopic (exact) mass is 1320 g/mol. The number of allylic oxidation sites excluding steroid dienone is 26. The number of unbranched alkanes of at least 4 members (excludes halogenated alkanes) is 29. The summed E-state index contributed by atoms with van der Waals surface area (Å²) in [7, 11) is 5.93.